The SMILES string of the molecule is CS(=O)(=O)N(CCCC(=O)N(Cc1ccc(Cl)cc1Cl)[C@@H](Cc1ccccc1)C(=O)NC1CCCC1)c1ccccc1. The zero-order valence-electron chi connectivity index (χ0n) is 23.7. The molecule has 3 aromatic rings. The van der Waals surface area contributed by atoms with Crippen LogP contribution in [0.2, 0.25) is 10.0 Å². The third kappa shape index (κ3) is 8.96. The number of anilines is 1. The average Bonchev–Trinajstić information content (AvgIpc) is 3.47. The van der Waals surface area contributed by atoms with Crippen molar-refractivity contribution in [2.24, 2.45) is 0 Å². The molecule has 1 N–H and O–H groups in total. The van der Waals surface area contributed by atoms with Crippen LogP contribution in [0.4, 0.5) is 5.69 Å². The lowest BCUT2D eigenvalue weighted by Crippen LogP contribution is -2.52. The van der Waals surface area contributed by atoms with E-state index >= 15 is 0 Å². The molecule has 224 valence electrons. The van der Waals surface area contributed by atoms with E-state index in [2.05, 4.69) is 5.32 Å². The summed E-state index contributed by atoms with van der Waals surface area (Å²) < 4.78 is 26.4. The topological polar surface area (TPSA) is 86.8 Å². The Morgan fingerprint density at radius 3 is 2.21 bits per heavy atom. The van der Waals surface area contributed by atoms with Crippen molar-refractivity contribution in [2.45, 2.75) is 63.6 Å². The largest absolute Gasteiger partial charge is 0.352 e. The second-order valence-electron chi connectivity index (χ2n) is 10.7. The van der Waals surface area contributed by atoms with Crippen LogP contribution in [0.5, 0.6) is 0 Å². The van der Waals surface area contributed by atoms with Crippen LogP contribution in [0, 0.1) is 0 Å². The van der Waals surface area contributed by atoms with Gasteiger partial charge in [-0.25, -0.2) is 8.42 Å². The molecule has 1 fully saturated rings. The number of benzene rings is 3. The van der Waals surface area contributed by atoms with E-state index in [4.69, 9.17) is 23.2 Å². The van der Waals surface area contributed by atoms with Gasteiger partial charge in [-0.1, -0.05) is 90.6 Å². The summed E-state index contributed by atoms with van der Waals surface area (Å²) >= 11 is 12.7. The Kier molecular flexibility index (Phi) is 11.3. The normalized spacial score (nSPS) is 14.4. The monoisotopic (exact) mass is 629 g/mol. The van der Waals surface area contributed by atoms with Crippen molar-refractivity contribution >= 4 is 50.7 Å². The molecule has 7 nitrogen and oxygen atoms in total. The highest BCUT2D eigenvalue weighted by Crippen LogP contribution is 2.26. The minimum absolute atomic E-state index is 0.0477. The van der Waals surface area contributed by atoms with Crippen molar-refractivity contribution in [3.05, 3.63) is 100 Å². The van der Waals surface area contributed by atoms with Crippen molar-refractivity contribution < 1.29 is 18.0 Å². The lowest BCUT2D eigenvalue weighted by Gasteiger charge is -2.33. The fraction of sp³-hybridized carbons (Fsp3) is 0.375. The van der Waals surface area contributed by atoms with Crippen LogP contribution in [0.3, 0.4) is 0 Å². The summed E-state index contributed by atoms with van der Waals surface area (Å²) in [7, 11) is -3.56. The number of hydrogen-bond donors (Lipinski definition) is 1. The molecule has 0 aliphatic heterocycles. The molecule has 0 radical (unpaired) electrons. The van der Waals surface area contributed by atoms with Gasteiger partial charge in [0, 0.05) is 42.0 Å². The zero-order chi connectivity index (χ0) is 30.1. The highest BCUT2D eigenvalue weighted by molar-refractivity contribution is 7.92. The van der Waals surface area contributed by atoms with E-state index < -0.39 is 16.1 Å². The maximum absolute atomic E-state index is 14.0. The number of amides is 2. The number of halogens is 2. The molecular formula is C32H37Cl2N3O4S. The van der Waals surface area contributed by atoms with Gasteiger partial charge in [0.15, 0.2) is 0 Å². The number of carbonyl (C=O) groups excluding carboxylic acids is 2. The Morgan fingerprint density at radius 2 is 1.60 bits per heavy atom. The number of carbonyl (C=O) groups is 2. The van der Waals surface area contributed by atoms with Crippen molar-refractivity contribution in [3.63, 3.8) is 0 Å². The maximum atomic E-state index is 14.0. The Balaban J connectivity index is 1.60. The first-order valence-corrected chi connectivity index (χ1v) is 16.8. The van der Waals surface area contributed by atoms with Gasteiger partial charge in [0.1, 0.15) is 6.04 Å². The fourth-order valence-electron chi connectivity index (χ4n) is 5.35. The van der Waals surface area contributed by atoms with Gasteiger partial charge in [0.05, 0.1) is 11.9 Å². The van der Waals surface area contributed by atoms with E-state index in [0.717, 1.165) is 37.5 Å². The van der Waals surface area contributed by atoms with E-state index in [1.807, 2.05) is 36.4 Å². The van der Waals surface area contributed by atoms with Crippen LogP contribution in [0.15, 0.2) is 78.9 Å². The minimum atomic E-state index is -3.56. The van der Waals surface area contributed by atoms with Gasteiger partial charge in [-0.3, -0.25) is 13.9 Å². The number of sulfonamides is 1. The van der Waals surface area contributed by atoms with Crippen LogP contribution < -0.4 is 9.62 Å². The summed E-state index contributed by atoms with van der Waals surface area (Å²) in [5.74, 6) is -0.462. The molecule has 2 amide bonds. The van der Waals surface area contributed by atoms with E-state index in [1.54, 1.807) is 47.4 Å². The number of hydrogen-bond acceptors (Lipinski definition) is 4. The second kappa shape index (κ2) is 14.9. The smallest absolute Gasteiger partial charge is 0.243 e. The lowest BCUT2D eigenvalue weighted by atomic mass is 10.0. The molecule has 0 unspecified atom stereocenters. The third-order valence-corrected chi connectivity index (χ3v) is 9.31. The summed E-state index contributed by atoms with van der Waals surface area (Å²) in [6.07, 6.45) is 5.77. The Bertz CT molecular complexity index is 1450. The highest BCUT2D eigenvalue weighted by atomic mass is 35.5. The van der Waals surface area contributed by atoms with Crippen LogP contribution in [0.1, 0.15) is 49.7 Å². The summed E-state index contributed by atoms with van der Waals surface area (Å²) in [6.45, 7) is 0.237. The molecule has 1 aliphatic carbocycles. The first kappa shape index (κ1) is 31.9. The lowest BCUT2D eigenvalue weighted by molar-refractivity contribution is -0.141. The number of para-hydroxylation sites is 1. The fourth-order valence-corrected chi connectivity index (χ4v) is 6.79. The molecule has 1 saturated carbocycles. The van der Waals surface area contributed by atoms with Crippen LogP contribution >= 0.6 is 23.2 Å². The van der Waals surface area contributed by atoms with Crippen LogP contribution in [0.25, 0.3) is 0 Å². The summed E-state index contributed by atoms with van der Waals surface area (Å²) in [4.78, 5) is 29.4. The van der Waals surface area contributed by atoms with Gasteiger partial charge in [0.25, 0.3) is 0 Å². The Hall–Kier alpha value is -3.07. The predicted molar refractivity (Wildman–Crippen MR) is 169 cm³/mol. The third-order valence-electron chi connectivity index (χ3n) is 7.52. The highest BCUT2D eigenvalue weighted by Gasteiger charge is 2.32. The molecule has 0 heterocycles. The van der Waals surface area contributed by atoms with Gasteiger partial charge >= 0.3 is 0 Å². The molecular weight excluding hydrogens is 593 g/mol. The summed E-state index contributed by atoms with van der Waals surface area (Å²) in [5.41, 5.74) is 2.13. The van der Waals surface area contributed by atoms with Gasteiger partial charge in [-0.05, 0) is 54.7 Å². The van der Waals surface area contributed by atoms with Crippen molar-refractivity contribution in [1.82, 2.24) is 10.2 Å². The van der Waals surface area contributed by atoms with E-state index in [1.165, 1.54) is 4.31 Å². The summed E-state index contributed by atoms with van der Waals surface area (Å²) in [5, 5.41) is 4.07. The van der Waals surface area contributed by atoms with Crippen molar-refractivity contribution in [2.75, 3.05) is 17.1 Å². The first-order valence-electron chi connectivity index (χ1n) is 14.2. The number of nitrogens with one attached hydrogen (secondary N) is 1. The molecule has 10 heteroatoms. The van der Waals surface area contributed by atoms with Gasteiger partial charge in [0.2, 0.25) is 21.8 Å². The number of nitrogens with zero attached hydrogens (tertiary/aromatic N) is 2. The van der Waals surface area contributed by atoms with Crippen LogP contribution in [-0.2, 0) is 32.6 Å². The molecule has 42 heavy (non-hydrogen) atoms. The van der Waals surface area contributed by atoms with Gasteiger partial charge in [-0.15, -0.1) is 0 Å². The molecule has 4 rings (SSSR count). The quantitative estimate of drug-likeness (QED) is 0.242. The molecule has 0 bridgehead atoms. The average molecular weight is 631 g/mol. The zero-order valence-corrected chi connectivity index (χ0v) is 26.0. The molecule has 3 aromatic carbocycles. The van der Waals surface area contributed by atoms with E-state index in [9.17, 15) is 18.0 Å². The molecule has 1 atom stereocenters. The van der Waals surface area contributed by atoms with E-state index in [-0.39, 0.29) is 43.8 Å². The van der Waals surface area contributed by atoms with Crippen LogP contribution in [-0.4, -0.2) is 50.0 Å². The Morgan fingerprint density at radius 1 is 0.952 bits per heavy atom. The summed E-state index contributed by atoms with van der Waals surface area (Å²) in [6, 6.07) is 22.8. The molecule has 0 saturated heterocycles. The van der Waals surface area contributed by atoms with Gasteiger partial charge in [-0.2, -0.15) is 0 Å². The molecule has 0 spiro atoms. The second-order valence-corrected chi connectivity index (χ2v) is 13.5. The molecule has 1 aliphatic rings. The van der Waals surface area contributed by atoms with Crippen molar-refractivity contribution in [1.29, 1.82) is 0 Å². The first-order chi connectivity index (χ1) is 20.1. The maximum Gasteiger partial charge on any atom is 0.243 e. The molecule has 0 aromatic heterocycles. The standard InChI is InChI=1S/C32H37Cl2N3O4S/c1-42(40,41)37(28-15-6-3-7-16-28)20-10-17-31(38)36(23-25-18-19-26(33)22-29(25)34)30(21-24-11-4-2-5-12-24)32(39)35-27-13-8-9-14-27/h2-7,11-12,15-16,18-19,22,27,30H,8-10,13-14,17,20-21,23H2,1H3,(H,35,39)/t30-/m0/s1. The van der Waals surface area contributed by atoms with Gasteiger partial charge < -0.3 is 10.2 Å². The van der Waals surface area contributed by atoms with Crippen molar-refractivity contribution in [3.8, 4) is 0 Å². The number of rotatable bonds is 13. The predicted octanol–water partition coefficient (Wildman–Crippen LogP) is 6.24. The van der Waals surface area contributed by atoms with E-state index in [0.29, 0.717) is 27.7 Å². The Labute approximate surface area is 258 Å². The minimum Gasteiger partial charge on any atom is -0.352 e.